The molecule has 0 bridgehead atoms. The van der Waals surface area contributed by atoms with Gasteiger partial charge in [-0.15, -0.1) is 24.0 Å². The van der Waals surface area contributed by atoms with Crippen LogP contribution in [0.2, 0.25) is 0 Å². The van der Waals surface area contributed by atoms with Gasteiger partial charge in [-0.3, -0.25) is 4.99 Å². The van der Waals surface area contributed by atoms with Gasteiger partial charge in [-0.1, -0.05) is 18.2 Å². The maximum absolute atomic E-state index is 6.45. The summed E-state index contributed by atoms with van der Waals surface area (Å²) in [5.74, 6) is 1.88. The second kappa shape index (κ2) is 8.78. The number of para-hydroxylation sites is 1. The van der Waals surface area contributed by atoms with Crippen molar-refractivity contribution in [3.63, 3.8) is 0 Å². The van der Waals surface area contributed by atoms with Crippen LogP contribution < -0.4 is 15.4 Å². The van der Waals surface area contributed by atoms with Crippen LogP contribution in [0.4, 0.5) is 0 Å². The first kappa shape index (κ1) is 19.7. The largest absolute Gasteiger partial charge is 0.487 e. The summed E-state index contributed by atoms with van der Waals surface area (Å²) in [7, 11) is 1.83. The van der Waals surface area contributed by atoms with E-state index in [1.54, 1.807) is 0 Å². The molecule has 4 rings (SSSR count). The highest BCUT2D eigenvalue weighted by Crippen LogP contribution is 2.46. The molecule has 1 saturated heterocycles. The van der Waals surface area contributed by atoms with E-state index in [1.807, 2.05) is 7.05 Å². The van der Waals surface area contributed by atoms with Crippen molar-refractivity contribution in [3.8, 4) is 5.75 Å². The first-order valence-electron chi connectivity index (χ1n) is 9.65. The van der Waals surface area contributed by atoms with Crippen molar-refractivity contribution in [3.05, 3.63) is 29.8 Å². The fraction of sp³-hybridized carbons (Fsp3) is 0.650. The van der Waals surface area contributed by atoms with Crippen LogP contribution >= 0.6 is 24.0 Å². The molecule has 2 heterocycles. The Morgan fingerprint density at radius 1 is 1.23 bits per heavy atom. The molecule has 0 aromatic heterocycles. The number of hydrogen-bond acceptors (Lipinski definition) is 3. The average molecular weight is 471 g/mol. The van der Waals surface area contributed by atoms with Crippen molar-refractivity contribution in [1.29, 1.82) is 0 Å². The highest BCUT2D eigenvalue weighted by Gasteiger charge is 2.43. The fourth-order valence-electron chi connectivity index (χ4n) is 4.45. The van der Waals surface area contributed by atoms with Crippen molar-refractivity contribution >= 4 is 29.9 Å². The van der Waals surface area contributed by atoms with Gasteiger partial charge in [0, 0.05) is 32.2 Å². The van der Waals surface area contributed by atoms with E-state index in [9.17, 15) is 0 Å². The van der Waals surface area contributed by atoms with Gasteiger partial charge in [-0.2, -0.15) is 0 Å². The molecule has 3 aliphatic rings. The zero-order chi connectivity index (χ0) is 17.1. The summed E-state index contributed by atoms with van der Waals surface area (Å²) in [4.78, 5) is 4.43. The molecule has 1 aliphatic carbocycles. The van der Waals surface area contributed by atoms with Gasteiger partial charge in [0.2, 0.25) is 0 Å². The number of nitrogens with one attached hydrogen (secondary N) is 2. The molecule has 1 saturated carbocycles. The van der Waals surface area contributed by atoms with Gasteiger partial charge < -0.3 is 20.1 Å². The standard InChI is InChI=1S/C20H29N3O2.HI/c1-21-19(22-14-15-7-6-12-24-15)23-17-13-20(10-4-5-11-20)25-18-9-3-2-8-16(17)18;/h2-3,8-9,15,17H,4-7,10-14H2,1H3,(H2,21,22,23);1H. The number of ether oxygens (including phenoxy) is 2. The van der Waals surface area contributed by atoms with Crippen molar-refractivity contribution in [1.82, 2.24) is 10.6 Å². The van der Waals surface area contributed by atoms with Crippen LogP contribution in [-0.2, 0) is 4.74 Å². The van der Waals surface area contributed by atoms with Gasteiger partial charge in [0.05, 0.1) is 12.1 Å². The van der Waals surface area contributed by atoms with Gasteiger partial charge in [0.1, 0.15) is 11.4 Å². The molecule has 2 atom stereocenters. The lowest BCUT2D eigenvalue weighted by Gasteiger charge is -2.40. The fourth-order valence-corrected chi connectivity index (χ4v) is 4.45. The molecule has 144 valence electrons. The predicted octanol–water partition coefficient (Wildman–Crippen LogP) is 3.79. The number of nitrogens with zero attached hydrogens (tertiary/aromatic N) is 1. The second-order valence-corrected chi connectivity index (χ2v) is 7.52. The predicted molar refractivity (Wildman–Crippen MR) is 115 cm³/mol. The van der Waals surface area contributed by atoms with Gasteiger partial charge >= 0.3 is 0 Å². The molecule has 2 fully saturated rings. The number of guanidine groups is 1. The van der Waals surface area contributed by atoms with E-state index in [0.29, 0.717) is 6.10 Å². The zero-order valence-electron chi connectivity index (χ0n) is 15.5. The lowest BCUT2D eigenvalue weighted by molar-refractivity contribution is 0.0395. The van der Waals surface area contributed by atoms with Gasteiger partial charge in [-0.05, 0) is 44.6 Å². The highest BCUT2D eigenvalue weighted by molar-refractivity contribution is 14.0. The Bertz CT molecular complexity index is 625. The minimum absolute atomic E-state index is 0. The highest BCUT2D eigenvalue weighted by atomic mass is 127. The normalized spacial score (nSPS) is 26.7. The molecular weight excluding hydrogens is 441 g/mol. The molecule has 1 aromatic rings. The zero-order valence-corrected chi connectivity index (χ0v) is 17.8. The average Bonchev–Trinajstić information content (AvgIpc) is 3.31. The van der Waals surface area contributed by atoms with Crippen LogP contribution in [0.15, 0.2) is 29.3 Å². The van der Waals surface area contributed by atoms with Crippen molar-refractivity contribution in [2.45, 2.75) is 62.7 Å². The van der Waals surface area contributed by atoms with Crippen LogP contribution in [0.3, 0.4) is 0 Å². The Morgan fingerprint density at radius 2 is 2.04 bits per heavy atom. The molecule has 0 amide bonds. The Hall–Kier alpha value is -1.02. The summed E-state index contributed by atoms with van der Waals surface area (Å²) in [6.45, 7) is 1.70. The van der Waals surface area contributed by atoms with Crippen molar-refractivity contribution in [2.24, 2.45) is 4.99 Å². The summed E-state index contributed by atoms with van der Waals surface area (Å²) < 4.78 is 12.2. The molecule has 5 nitrogen and oxygen atoms in total. The maximum Gasteiger partial charge on any atom is 0.191 e. The summed E-state index contributed by atoms with van der Waals surface area (Å²) in [6, 6.07) is 8.66. The van der Waals surface area contributed by atoms with E-state index < -0.39 is 0 Å². The molecular formula is C20H30IN3O2. The number of aliphatic imine (C=N–C) groups is 1. The second-order valence-electron chi connectivity index (χ2n) is 7.52. The number of fused-ring (bicyclic) bond motifs is 1. The summed E-state index contributed by atoms with van der Waals surface area (Å²) >= 11 is 0. The minimum atomic E-state index is -0.000561. The van der Waals surface area contributed by atoms with Gasteiger partial charge in [-0.25, -0.2) is 0 Å². The lowest BCUT2D eigenvalue weighted by Crippen LogP contribution is -2.47. The number of halogens is 1. The topological polar surface area (TPSA) is 54.9 Å². The third kappa shape index (κ3) is 4.27. The van der Waals surface area contributed by atoms with E-state index in [4.69, 9.17) is 9.47 Å². The first-order chi connectivity index (χ1) is 12.3. The Kier molecular flexibility index (Phi) is 6.66. The smallest absolute Gasteiger partial charge is 0.191 e. The van der Waals surface area contributed by atoms with E-state index in [1.165, 1.54) is 18.4 Å². The Morgan fingerprint density at radius 3 is 2.77 bits per heavy atom. The monoisotopic (exact) mass is 471 g/mol. The molecule has 6 heteroatoms. The van der Waals surface area contributed by atoms with Crippen LogP contribution in [0.25, 0.3) is 0 Å². The molecule has 2 unspecified atom stereocenters. The lowest BCUT2D eigenvalue weighted by atomic mass is 9.86. The van der Waals surface area contributed by atoms with Crippen molar-refractivity contribution < 1.29 is 9.47 Å². The minimum Gasteiger partial charge on any atom is -0.487 e. The van der Waals surface area contributed by atoms with Gasteiger partial charge in [0.15, 0.2) is 5.96 Å². The summed E-state index contributed by atoms with van der Waals surface area (Å²) in [5, 5.41) is 7.08. The van der Waals surface area contributed by atoms with Crippen LogP contribution in [-0.4, -0.2) is 37.9 Å². The van der Waals surface area contributed by atoms with Crippen LogP contribution in [0.5, 0.6) is 5.75 Å². The quantitative estimate of drug-likeness (QED) is 0.400. The van der Waals surface area contributed by atoms with E-state index in [0.717, 1.165) is 57.0 Å². The Labute approximate surface area is 173 Å². The molecule has 1 spiro atoms. The maximum atomic E-state index is 6.45. The first-order valence-corrected chi connectivity index (χ1v) is 9.65. The number of rotatable bonds is 3. The van der Waals surface area contributed by atoms with E-state index in [2.05, 4.69) is 39.9 Å². The molecule has 1 aromatic carbocycles. The van der Waals surface area contributed by atoms with Gasteiger partial charge in [0.25, 0.3) is 0 Å². The molecule has 26 heavy (non-hydrogen) atoms. The Balaban J connectivity index is 0.00000196. The molecule has 2 N–H and O–H groups in total. The third-order valence-corrected chi connectivity index (χ3v) is 5.77. The molecule has 0 radical (unpaired) electrons. The van der Waals surface area contributed by atoms with Crippen LogP contribution in [0, 0.1) is 0 Å². The number of benzene rings is 1. The van der Waals surface area contributed by atoms with Crippen LogP contribution in [0.1, 0.15) is 56.6 Å². The summed E-state index contributed by atoms with van der Waals surface area (Å²) in [5.41, 5.74) is 1.24. The van der Waals surface area contributed by atoms with E-state index >= 15 is 0 Å². The van der Waals surface area contributed by atoms with Crippen molar-refractivity contribution in [2.75, 3.05) is 20.2 Å². The van der Waals surface area contributed by atoms with E-state index in [-0.39, 0.29) is 35.6 Å². The third-order valence-electron chi connectivity index (χ3n) is 5.77. The summed E-state index contributed by atoms with van der Waals surface area (Å²) in [6.07, 6.45) is 8.44. The number of hydrogen-bond donors (Lipinski definition) is 2. The SMILES string of the molecule is CN=C(NCC1CCCO1)NC1CC2(CCCC2)Oc2ccccc21.I. The molecule has 2 aliphatic heterocycles.